The number of carbonyl (C=O) groups is 2. The van der Waals surface area contributed by atoms with E-state index in [2.05, 4.69) is 21.2 Å². The van der Waals surface area contributed by atoms with Crippen molar-refractivity contribution in [3.63, 3.8) is 0 Å². The fourth-order valence-electron chi connectivity index (χ4n) is 2.87. The van der Waals surface area contributed by atoms with Crippen molar-refractivity contribution in [2.45, 2.75) is 19.5 Å². The highest BCUT2D eigenvalue weighted by molar-refractivity contribution is 9.10. The predicted molar refractivity (Wildman–Crippen MR) is 122 cm³/mol. The molecule has 2 aromatic carbocycles. The quantitative estimate of drug-likeness (QED) is 0.584. The molecule has 0 fully saturated rings. The zero-order chi connectivity index (χ0) is 22.5. The molecule has 0 aliphatic carbocycles. The Morgan fingerprint density at radius 2 is 1.83 bits per heavy atom. The van der Waals surface area contributed by atoms with Gasteiger partial charge in [-0.2, -0.15) is 0 Å². The summed E-state index contributed by atoms with van der Waals surface area (Å²) in [7, 11) is -2.29. The number of rotatable bonds is 8. The van der Waals surface area contributed by atoms with Crippen molar-refractivity contribution in [3.8, 4) is 0 Å². The van der Waals surface area contributed by atoms with Gasteiger partial charge >= 0.3 is 0 Å². The van der Waals surface area contributed by atoms with Gasteiger partial charge in [-0.05, 0) is 42.8 Å². The van der Waals surface area contributed by atoms with Gasteiger partial charge in [-0.1, -0.05) is 45.7 Å². The van der Waals surface area contributed by atoms with E-state index in [4.69, 9.17) is 11.6 Å². The van der Waals surface area contributed by atoms with E-state index in [1.807, 2.05) is 24.3 Å². The highest BCUT2D eigenvalue weighted by Gasteiger charge is 2.29. The van der Waals surface area contributed by atoms with E-state index in [1.54, 1.807) is 25.1 Å². The summed E-state index contributed by atoms with van der Waals surface area (Å²) in [6.45, 7) is 1.27. The maximum absolute atomic E-state index is 13.2. The third-order valence-corrected chi connectivity index (χ3v) is 6.30. The van der Waals surface area contributed by atoms with Gasteiger partial charge in [-0.15, -0.1) is 0 Å². The summed E-state index contributed by atoms with van der Waals surface area (Å²) in [6.07, 6.45) is 1.02. The molecular formula is C20H23BrClN3O4S. The Hall–Kier alpha value is -2.10. The number of sulfonamides is 1. The minimum Gasteiger partial charge on any atom is -0.357 e. The third-order valence-electron chi connectivity index (χ3n) is 4.43. The number of nitrogens with one attached hydrogen (secondary N) is 1. The Morgan fingerprint density at radius 1 is 1.17 bits per heavy atom. The molecule has 0 spiro atoms. The number of anilines is 1. The van der Waals surface area contributed by atoms with Crippen LogP contribution in [0.2, 0.25) is 5.02 Å². The summed E-state index contributed by atoms with van der Waals surface area (Å²) >= 11 is 9.39. The van der Waals surface area contributed by atoms with Crippen LogP contribution in [0.4, 0.5) is 5.69 Å². The highest BCUT2D eigenvalue weighted by atomic mass is 79.9. The van der Waals surface area contributed by atoms with E-state index in [0.717, 1.165) is 20.6 Å². The second-order valence-corrected chi connectivity index (χ2v) is 9.95. The van der Waals surface area contributed by atoms with Crippen molar-refractivity contribution >= 4 is 55.1 Å². The fourth-order valence-corrected chi connectivity index (χ4v) is 4.34. The van der Waals surface area contributed by atoms with Gasteiger partial charge in [0.2, 0.25) is 21.8 Å². The van der Waals surface area contributed by atoms with Crippen LogP contribution in [0.25, 0.3) is 0 Å². The number of hydrogen-bond acceptors (Lipinski definition) is 4. The van der Waals surface area contributed by atoms with Crippen LogP contribution in [0.15, 0.2) is 53.0 Å². The average Bonchev–Trinajstić information content (AvgIpc) is 2.68. The normalized spacial score (nSPS) is 12.2. The Morgan fingerprint density at radius 3 is 2.40 bits per heavy atom. The minimum atomic E-state index is -3.78. The zero-order valence-corrected chi connectivity index (χ0v) is 20.0. The number of carbonyl (C=O) groups excluding carboxylic acids is 2. The van der Waals surface area contributed by atoms with Crippen molar-refractivity contribution in [1.29, 1.82) is 0 Å². The molecule has 162 valence electrons. The Labute approximate surface area is 190 Å². The molecule has 2 rings (SSSR count). The van der Waals surface area contributed by atoms with Gasteiger partial charge in [0.1, 0.15) is 12.6 Å². The molecule has 0 saturated heterocycles. The van der Waals surface area contributed by atoms with Gasteiger partial charge < -0.3 is 10.2 Å². The number of hydrogen-bond donors (Lipinski definition) is 1. The predicted octanol–water partition coefficient (Wildman–Crippen LogP) is 3.03. The van der Waals surface area contributed by atoms with Crippen molar-refractivity contribution in [2.75, 3.05) is 24.2 Å². The average molecular weight is 517 g/mol. The first-order valence-electron chi connectivity index (χ1n) is 9.01. The lowest BCUT2D eigenvalue weighted by Crippen LogP contribution is -2.50. The van der Waals surface area contributed by atoms with Crippen LogP contribution >= 0.6 is 27.5 Å². The summed E-state index contributed by atoms with van der Waals surface area (Å²) in [5.41, 5.74) is 1.07. The molecule has 1 N–H and O–H groups in total. The summed E-state index contributed by atoms with van der Waals surface area (Å²) in [5.74, 6) is -0.872. The van der Waals surface area contributed by atoms with E-state index in [9.17, 15) is 18.0 Å². The SMILES string of the molecule is CNC(=O)[C@H](C)N(Cc1cccc(Br)c1)C(=O)CN(c1cccc(Cl)c1)S(C)(=O)=O. The second kappa shape index (κ2) is 10.3. The Bertz CT molecular complexity index is 1030. The van der Waals surface area contributed by atoms with Gasteiger partial charge in [0.25, 0.3) is 0 Å². The van der Waals surface area contributed by atoms with Gasteiger partial charge in [0.05, 0.1) is 11.9 Å². The molecule has 0 bridgehead atoms. The first-order chi connectivity index (χ1) is 14.0. The highest BCUT2D eigenvalue weighted by Crippen LogP contribution is 2.23. The number of nitrogens with zero attached hydrogens (tertiary/aromatic N) is 2. The number of likely N-dealkylation sites (N-methyl/N-ethyl adjacent to an activating group) is 1. The molecule has 0 radical (unpaired) electrons. The summed E-state index contributed by atoms with van der Waals surface area (Å²) in [6, 6.07) is 12.8. The molecule has 2 amide bonds. The van der Waals surface area contributed by atoms with Crippen LogP contribution in [-0.4, -0.2) is 51.0 Å². The minimum absolute atomic E-state index is 0.139. The first kappa shape index (κ1) is 24.2. The summed E-state index contributed by atoms with van der Waals surface area (Å²) < 4.78 is 26.6. The van der Waals surface area contributed by atoms with Crippen molar-refractivity contribution in [2.24, 2.45) is 0 Å². The van der Waals surface area contributed by atoms with Gasteiger partial charge in [0, 0.05) is 23.1 Å². The lowest BCUT2D eigenvalue weighted by Gasteiger charge is -2.31. The molecule has 1 atom stereocenters. The van der Waals surface area contributed by atoms with E-state index in [0.29, 0.717) is 5.02 Å². The lowest BCUT2D eigenvalue weighted by molar-refractivity contribution is -0.139. The van der Waals surface area contributed by atoms with E-state index < -0.39 is 28.5 Å². The molecule has 0 aromatic heterocycles. The van der Waals surface area contributed by atoms with Gasteiger partial charge in [-0.25, -0.2) is 8.42 Å². The molecule has 30 heavy (non-hydrogen) atoms. The first-order valence-corrected chi connectivity index (χ1v) is 12.0. The van der Waals surface area contributed by atoms with Crippen molar-refractivity contribution in [1.82, 2.24) is 10.2 Å². The van der Waals surface area contributed by atoms with E-state index in [1.165, 1.54) is 18.0 Å². The number of halogens is 2. The summed E-state index contributed by atoms with van der Waals surface area (Å²) in [5, 5.41) is 2.87. The molecule has 0 saturated carbocycles. The lowest BCUT2D eigenvalue weighted by atomic mass is 10.1. The van der Waals surface area contributed by atoms with Crippen LogP contribution in [-0.2, 0) is 26.2 Å². The molecule has 7 nitrogen and oxygen atoms in total. The Kier molecular flexibility index (Phi) is 8.28. The standard InChI is InChI=1S/C20H23BrClN3O4S/c1-14(20(27)23-2)24(12-15-6-4-7-16(21)10-15)19(26)13-25(30(3,28)29)18-9-5-8-17(22)11-18/h4-11,14H,12-13H2,1-3H3,(H,23,27)/t14-/m0/s1. The van der Waals surface area contributed by atoms with Crippen LogP contribution in [0.3, 0.4) is 0 Å². The largest absolute Gasteiger partial charge is 0.357 e. The molecule has 2 aromatic rings. The molecule has 0 heterocycles. The van der Waals surface area contributed by atoms with Crippen LogP contribution in [0.1, 0.15) is 12.5 Å². The smallest absolute Gasteiger partial charge is 0.244 e. The number of benzene rings is 2. The van der Waals surface area contributed by atoms with Crippen molar-refractivity contribution in [3.05, 3.63) is 63.6 Å². The van der Waals surface area contributed by atoms with Gasteiger partial charge in [-0.3, -0.25) is 13.9 Å². The molecular weight excluding hydrogens is 494 g/mol. The molecule has 0 unspecified atom stereocenters. The zero-order valence-electron chi connectivity index (χ0n) is 16.8. The monoisotopic (exact) mass is 515 g/mol. The number of amides is 2. The Balaban J connectivity index is 2.38. The van der Waals surface area contributed by atoms with E-state index >= 15 is 0 Å². The molecule has 10 heteroatoms. The summed E-state index contributed by atoms with van der Waals surface area (Å²) in [4.78, 5) is 26.8. The van der Waals surface area contributed by atoms with Crippen LogP contribution in [0, 0.1) is 0 Å². The van der Waals surface area contributed by atoms with Crippen molar-refractivity contribution < 1.29 is 18.0 Å². The third kappa shape index (κ3) is 6.45. The molecule has 0 aliphatic heterocycles. The maximum Gasteiger partial charge on any atom is 0.244 e. The van der Waals surface area contributed by atoms with Crippen LogP contribution in [0.5, 0.6) is 0 Å². The van der Waals surface area contributed by atoms with Gasteiger partial charge in [0.15, 0.2) is 0 Å². The second-order valence-electron chi connectivity index (χ2n) is 6.69. The fraction of sp³-hybridized carbons (Fsp3) is 0.300. The molecule has 0 aliphatic rings. The van der Waals surface area contributed by atoms with E-state index in [-0.39, 0.29) is 18.1 Å². The topological polar surface area (TPSA) is 86.8 Å². The van der Waals surface area contributed by atoms with Crippen LogP contribution < -0.4 is 9.62 Å². The maximum atomic E-state index is 13.2.